The normalized spacial score (nSPS) is 10.4. The zero-order valence-corrected chi connectivity index (χ0v) is 9.02. The summed E-state index contributed by atoms with van der Waals surface area (Å²) in [6.07, 6.45) is 0. The van der Waals surface area contributed by atoms with Crippen molar-refractivity contribution in [1.29, 1.82) is 0 Å². The Hall–Kier alpha value is -2.17. The van der Waals surface area contributed by atoms with Crippen LogP contribution < -0.4 is 5.56 Å². The number of aromatic amines is 1. The lowest BCUT2D eigenvalue weighted by Gasteiger charge is -2.10. The highest BCUT2D eigenvalue weighted by Crippen LogP contribution is 2.13. The molecule has 0 unspecified atom stereocenters. The Labute approximate surface area is 91.7 Å². The van der Waals surface area contributed by atoms with Gasteiger partial charge in [0.05, 0.1) is 5.39 Å². The number of rotatable bonds is 1. The van der Waals surface area contributed by atoms with Gasteiger partial charge < -0.3 is 4.90 Å². The molecule has 5 heteroatoms. The van der Waals surface area contributed by atoms with E-state index in [9.17, 15) is 9.59 Å². The van der Waals surface area contributed by atoms with Crippen molar-refractivity contribution in [3.05, 3.63) is 40.3 Å². The third-order valence-corrected chi connectivity index (χ3v) is 2.30. The van der Waals surface area contributed by atoms with E-state index in [1.165, 1.54) is 4.90 Å². The summed E-state index contributed by atoms with van der Waals surface area (Å²) in [5.41, 5.74) is -0.0221. The van der Waals surface area contributed by atoms with Gasteiger partial charge in [-0.15, -0.1) is 0 Å². The van der Waals surface area contributed by atoms with Gasteiger partial charge in [-0.3, -0.25) is 9.59 Å². The number of H-pyrrole nitrogens is 1. The van der Waals surface area contributed by atoms with Gasteiger partial charge in [0.25, 0.3) is 11.5 Å². The second-order valence-electron chi connectivity index (χ2n) is 3.65. The van der Waals surface area contributed by atoms with Crippen LogP contribution in [0.15, 0.2) is 29.1 Å². The smallest absolute Gasteiger partial charge is 0.274 e. The first kappa shape index (κ1) is 10.4. The van der Waals surface area contributed by atoms with Crippen molar-refractivity contribution >= 4 is 16.7 Å². The molecular weight excluding hydrogens is 206 g/mol. The third-order valence-electron chi connectivity index (χ3n) is 2.30. The van der Waals surface area contributed by atoms with Crippen molar-refractivity contribution in [2.24, 2.45) is 0 Å². The first-order valence-electron chi connectivity index (χ1n) is 4.80. The second kappa shape index (κ2) is 3.77. The SMILES string of the molecule is CN(C)C(=O)c1n[nH]c(=O)c2ccccc12. The van der Waals surface area contributed by atoms with E-state index >= 15 is 0 Å². The first-order valence-corrected chi connectivity index (χ1v) is 4.80. The molecule has 0 radical (unpaired) electrons. The number of aromatic nitrogens is 2. The summed E-state index contributed by atoms with van der Waals surface area (Å²) in [5, 5.41) is 7.17. The maximum Gasteiger partial charge on any atom is 0.274 e. The van der Waals surface area contributed by atoms with Gasteiger partial charge in [-0.25, -0.2) is 5.10 Å². The minimum absolute atomic E-state index is 0.229. The van der Waals surface area contributed by atoms with Gasteiger partial charge in [0.15, 0.2) is 5.69 Å². The van der Waals surface area contributed by atoms with Crippen molar-refractivity contribution in [2.45, 2.75) is 0 Å². The van der Waals surface area contributed by atoms with Gasteiger partial charge in [0.2, 0.25) is 0 Å². The molecule has 0 bridgehead atoms. The Bertz CT molecular complexity index is 601. The standard InChI is InChI=1S/C11H11N3O2/c1-14(2)11(16)9-7-5-3-4-6-8(7)10(15)13-12-9/h3-6H,1-2H3,(H,13,15). The fraction of sp³-hybridized carbons (Fsp3) is 0.182. The van der Waals surface area contributed by atoms with E-state index in [1.54, 1.807) is 38.4 Å². The summed E-state index contributed by atoms with van der Waals surface area (Å²) in [6.45, 7) is 0. The van der Waals surface area contributed by atoms with Crippen LogP contribution in [0.4, 0.5) is 0 Å². The maximum atomic E-state index is 11.8. The van der Waals surface area contributed by atoms with Crippen molar-refractivity contribution in [3.63, 3.8) is 0 Å². The van der Waals surface area contributed by atoms with Crippen LogP contribution in [-0.4, -0.2) is 35.1 Å². The summed E-state index contributed by atoms with van der Waals surface area (Å²) >= 11 is 0. The van der Waals surface area contributed by atoms with Gasteiger partial charge in [-0.1, -0.05) is 18.2 Å². The van der Waals surface area contributed by atoms with Crippen molar-refractivity contribution < 1.29 is 4.79 Å². The Morgan fingerprint density at radius 3 is 2.50 bits per heavy atom. The summed E-state index contributed by atoms with van der Waals surface area (Å²) in [4.78, 5) is 24.7. The van der Waals surface area contributed by atoms with E-state index in [1.807, 2.05) is 0 Å². The topological polar surface area (TPSA) is 66.1 Å². The molecule has 1 aromatic carbocycles. The Morgan fingerprint density at radius 1 is 1.25 bits per heavy atom. The minimum atomic E-state index is -0.286. The average Bonchev–Trinajstić information content (AvgIpc) is 2.29. The molecule has 0 fully saturated rings. The highest BCUT2D eigenvalue weighted by molar-refractivity contribution is 6.04. The van der Waals surface area contributed by atoms with Crippen molar-refractivity contribution in [3.8, 4) is 0 Å². The molecule has 1 N–H and O–H groups in total. The molecule has 5 nitrogen and oxygen atoms in total. The molecule has 82 valence electrons. The van der Waals surface area contributed by atoms with Gasteiger partial charge >= 0.3 is 0 Å². The summed E-state index contributed by atoms with van der Waals surface area (Å²) in [5.74, 6) is -0.229. The van der Waals surface area contributed by atoms with E-state index in [-0.39, 0.29) is 17.2 Å². The minimum Gasteiger partial charge on any atom is -0.343 e. The monoisotopic (exact) mass is 217 g/mol. The number of carbonyl (C=O) groups is 1. The van der Waals surface area contributed by atoms with Crippen LogP contribution in [0.3, 0.4) is 0 Å². The number of nitrogens with zero attached hydrogens (tertiary/aromatic N) is 2. The van der Waals surface area contributed by atoms with Crippen LogP contribution in [-0.2, 0) is 0 Å². The highest BCUT2D eigenvalue weighted by Gasteiger charge is 2.14. The molecule has 0 spiro atoms. The summed E-state index contributed by atoms with van der Waals surface area (Å²) < 4.78 is 0. The molecule has 2 rings (SSSR count). The van der Waals surface area contributed by atoms with Crippen LogP contribution in [0.2, 0.25) is 0 Å². The number of benzene rings is 1. The molecule has 2 aromatic rings. The molecule has 1 amide bonds. The summed E-state index contributed by atoms with van der Waals surface area (Å²) in [6, 6.07) is 6.91. The average molecular weight is 217 g/mol. The molecule has 0 saturated heterocycles. The Balaban J connectivity index is 2.77. The van der Waals surface area contributed by atoms with E-state index in [2.05, 4.69) is 10.2 Å². The van der Waals surface area contributed by atoms with Crippen LogP contribution in [0.25, 0.3) is 10.8 Å². The zero-order valence-electron chi connectivity index (χ0n) is 9.02. The van der Waals surface area contributed by atoms with Gasteiger partial charge in [0, 0.05) is 19.5 Å². The lowest BCUT2D eigenvalue weighted by Crippen LogP contribution is -2.25. The molecule has 1 aromatic heterocycles. The zero-order chi connectivity index (χ0) is 11.7. The number of hydrogen-bond acceptors (Lipinski definition) is 3. The Morgan fingerprint density at radius 2 is 1.88 bits per heavy atom. The van der Waals surface area contributed by atoms with E-state index in [0.29, 0.717) is 10.8 Å². The fourth-order valence-corrected chi connectivity index (χ4v) is 1.49. The lowest BCUT2D eigenvalue weighted by molar-refractivity contribution is 0.0823. The van der Waals surface area contributed by atoms with Gasteiger partial charge in [0.1, 0.15) is 0 Å². The van der Waals surface area contributed by atoms with Crippen molar-refractivity contribution in [1.82, 2.24) is 15.1 Å². The largest absolute Gasteiger partial charge is 0.343 e. The van der Waals surface area contributed by atoms with E-state index in [4.69, 9.17) is 0 Å². The van der Waals surface area contributed by atoms with Crippen molar-refractivity contribution in [2.75, 3.05) is 14.1 Å². The number of amides is 1. The fourth-order valence-electron chi connectivity index (χ4n) is 1.49. The molecule has 0 aliphatic heterocycles. The molecule has 0 aliphatic carbocycles. The van der Waals surface area contributed by atoms with Crippen LogP contribution >= 0.6 is 0 Å². The maximum absolute atomic E-state index is 11.8. The molecule has 0 saturated carbocycles. The summed E-state index contributed by atoms with van der Waals surface area (Å²) in [7, 11) is 3.29. The molecular formula is C11H11N3O2. The van der Waals surface area contributed by atoms with Crippen LogP contribution in [0.5, 0.6) is 0 Å². The third kappa shape index (κ3) is 1.56. The number of hydrogen-bond donors (Lipinski definition) is 1. The van der Waals surface area contributed by atoms with Gasteiger partial charge in [-0.05, 0) is 6.07 Å². The highest BCUT2D eigenvalue weighted by atomic mass is 16.2. The molecule has 1 heterocycles. The molecule has 16 heavy (non-hydrogen) atoms. The first-order chi connectivity index (χ1) is 7.61. The van der Waals surface area contributed by atoms with E-state index < -0.39 is 0 Å². The molecule has 0 aliphatic rings. The van der Waals surface area contributed by atoms with Crippen LogP contribution in [0.1, 0.15) is 10.5 Å². The van der Waals surface area contributed by atoms with E-state index in [0.717, 1.165) is 0 Å². The molecule has 0 atom stereocenters. The number of fused-ring (bicyclic) bond motifs is 1. The van der Waals surface area contributed by atoms with Gasteiger partial charge in [-0.2, -0.15) is 5.10 Å². The number of nitrogens with one attached hydrogen (secondary N) is 1. The Kier molecular flexibility index (Phi) is 2.44. The van der Waals surface area contributed by atoms with Crippen LogP contribution in [0, 0.1) is 0 Å². The predicted molar refractivity (Wildman–Crippen MR) is 60.4 cm³/mol. The predicted octanol–water partition coefficient (Wildman–Crippen LogP) is 0.625. The number of carbonyl (C=O) groups excluding carboxylic acids is 1. The second-order valence-corrected chi connectivity index (χ2v) is 3.65. The quantitative estimate of drug-likeness (QED) is 0.761. The lowest BCUT2D eigenvalue weighted by atomic mass is 10.1.